The number of pyridine rings is 1. The Morgan fingerprint density at radius 2 is 1.81 bits per heavy atom. The van der Waals surface area contributed by atoms with Crippen molar-refractivity contribution in [2.75, 3.05) is 7.11 Å². The van der Waals surface area contributed by atoms with Gasteiger partial charge in [-0.05, 0) is 35.9 Å². The number of hydrogen-bond acceptors (Lipinski definition) is 4. The highest BCUT2D eigenvalue weighted by Crippen LogP contribution is 2.32. The summed E-state index contributed by atoms with van der Waals surface area (Å²) in [7, 11) is 1.65. The lowest BCUT2D eigenvalue weighted by Gasteiger charge is -2.15. The van der Waals surface area contributed by atoms with E-state index in [0.29, 0.717) is 24.7 Å². The molecule has 0 aliphatic carbocycles. The van der Waals surface area contributed by atoms with E-state index in [1.165, 1.54) is 0 Å². The number of benzene rings is 2. The fourth-order valence-corrected chi connectivity index (χ4v) is 2.72. The molecule has 3 aromatic rings. The van der Waals surface area contributed by atoms with Crippen molar-refractivity contribution < 1.29 is 9.47 Å². The Morgan fingerprint density at radius 3 is 2.54 bits per heavy atom. The number of aromatic nitrogens is 1. The molecule has 1 heterocycles. The van der Waals surface area contributed by atoms with E-state index in [2.05, 4.69) is 10.3 Å². The maximum atomic E-state index is 6.06. The Morgan fingerprint density at radius 1 is 0.962 bits per heavy atom. The average Bonchev–Trinajstić information content (AvgIpc) is 2.69. The minimum Gasteiger partial charge on any atom is -0.493 e. The van der Waals surface area contributed by atoms with Crippen LogP contribution in [0, 0.1) is 0 Å². The summed E-state index contributed by atoms with van der Waals surface area (Å²) in [6, 6.07) is 19.4. The Labute approximate surface area is 158 Å². The zero-order valence-electron chi connectivity index (χ0n) is 14.6. The smallest absolute Gasteiger partial charge is 0.166 e. The zero-order chi connectivity index (χ0) is 18.2. The number of nitrogens with one attached hydrogen (secondary N) is 1. The van der Waals surface area contributed by atoms with E-state index in [1.807, 2.05) is 60.7 Å². The van der Waals surface area contributed by atoms with Gasteiger partial charge in [-0.1, -0.05) is 41.9 Å². The minimum absolute atomic E-state index is 0.449. The molecule has 4 nitrogen and oxygen atoms in total. The predicted octanol–water partition coefficient (Wildman–Crippen LogP) is 4.61. The van der Waals surface area contributed by atoms with Gasteiger partial charge in [-0.15, -0.1) is 0 Å². The Balaban J connectivity index is 1.67. The quantitative estimate of drug-likeness (QED) is 0.630. The van der Waals surface area contributed by atoms with Crippen LogP contribution in [0.3, 0.4) is 0 Å². The van der Waals surface area contributed by atoms with E-state index < -0.39 is 0 Å². The second-order valence-corrected chi connectivity index (χ2v) is 6.22. The van der Waals surface area contributed by atoms with Crippen molar-refractivity contribution in [3.8, 4) is 11.5 Å². The van der Waals surface area contributed by atoms with Crippen LogP contribution in [0.15, 0.2) is 66.9 Å². The van der Waals surface area contributed by atoms with Crippen LogP contribution in [0.2, 0.25) is 5.02 Å². The molecule has 0 atom stereocenters. The van der Waals surface area contributed by atoms with Gasteiger partial charge in [-0.2, -0.15) is 0 Å². The number of ether oxygens (including phenoxy) is 2. The molecule has 5 heteroatoms. The number of methoxy groups -OCH3 is 1. The molecule has 0 spiro atoms. The van der Waals surface area contributed by atoms with Crippen LogP contribution in [0.25, 0.3) is 0 Å². The molecule has 26 heavy (non-hydrogen) atoms. The van der Waals surface area contributed by atoms with Crippen LogP contribution in [0.5, 0.6) is 11.5 Å². The average molecular weight is 369 g/mol. The van der Waals surface area contributed by atoms with Crippen molar-refractivity contribution in [2.24, 2.45) is 0 Å². The summed E-state index contributed by atoms with van der Waals surface area (Å²) in [6.45, 7) is 1.79. The molecule has 0 fully saturated rings. The number of nitrogens with zero attached hydrogens (tertiary/aromatic N) is 1. The van der Waals surface area contributed by atoms with Crippen molar-refractivity contribution >= 4 is 11.6 Å². The molecule has 0 saturated carbocycles. The van der Waals surface area contributed by atoms with Crippen LogP contribution in [0.4, 0.5) is 0 Å². The molecule has 0 amide bonds. The van der Waals surface area contributed by atoms with Gasteiger partial charge >= 0.3 is 0 Å². The van der Waals surface area contributed by atoms with Crippen LogP contribution in [-0.4, -0.2) is 12.1 Å². The normalized spacial score (nSPS) is 10.5. The molecule has 3 rings (SSSR count). The lowest BCUT2D eigenvalue weighted by molar-refractivity contribution is 0.280. The fourth-order valence-electron chi connectivity index (χ4n) is 2.59. The van der Waals surface area contributed by atoms with Crippen LogP contribution >= 0.6 is 11.6 Å². The minimum atomic E-state index is 0.449. The first-order valence-electron chi connectivity index (χ1n) is 8.40. The van der Waals surface area contributed by atoms with Gasteiger partial charge in [-0.25, -0.2) is 0 Å². The third kappa shape index (κ3) is 4.97. The lowest BCUT2D eigenvalue weighted by Crippen LogP contribution is -2.14. The standard InChI is InChI=1S/C21H21ClN2O2/c1-25-20-7-4-5-17(13-23-14-19-6-2-3-12-24-19)21(20)26-15-16-8-10-18(22)11-9-16/h2-12,23H,13-15H2,1H3. The van der Waals surface area contributed by atoms with Gasteiger partial charge in [0, 0.05) is 29.9 Å². The van der Waals surface area contributed by atoms with E-state index in [0.717, 1.165) is 28.3 Å². The molecular formula is C21H21ClN2O2. The largest absolute Gasteiger partial charge is 0.493 e. The number of hydrogen-bond donors (Lipinski definition) is 1. The highest BCUT2D eigenvalue weighted by molar-refractivity contribution is 6.30. The van der Waals surface area contributed by atoms with Gasteiger partial charge in [0.25, 0.3) is 0 Å². The van der Waals surface area contributed by atoms with Gasteiger partial charge in [-0.3, -0.25) is 4.98 Å². The maximum absolute atomic E-state index is 6.06. The summed E-state index contributed by atoms with van der Waals surface area (Å²) >= 11 is 5.94. The number of para-hydroxylation sites is 1. The maximum Gasteiger partial charge on any atom is 0.166 e. The Hall–Kier alpha value is -2.56. The molecule has 0 radical (unpaired) electrons. The highest BCUT2D eigenvalue weighted by Gasteiger charge is 2.11. The number of rotatable bonds is 8. The topological polar surface area (TPSA) is 43.4 Å². The molecule has 1 aromatic heterocycles. The fraction of sp³-hybridized carbons (Fsp3) is 0.190. The van der Waals surface area contributed by atoms with Gasteiger partial charge < -0.3 is 14.8 Å². The number of halogens is 1. The van der Waals surface area contributed by atoms with E-state index in [4.69, 9.17) is 21.1 Å². The SMILES string of the molecule is COc1cccc(CNCc2ccccn2)c1OCc1ccc(Cl)cc1. The molecule has 0 aliphatic heterocycles. The summed E-state index contributed by atoms with van der Waals surface area (Å²) in [5.41, 5.74) is 3.08. The van der Waals surface area contributed by atoms with E-state index >= 15 is 0 Å². The van der Waals surface area contributed by atoms with Crippen LogP contribution < -0.4 is 14.8 Å². The molecule has 0 bridgehead atoms. The third-order valence-electron chi connectivity index (χ3n) is 3.92. The Kier molecular flexibility index (Phi) is 6.47. The van der Waals surface area contributed by atoms with E-state index in [9.17, 15) is 0 Å². The summed E-state index contributed by atoms with van der Waals surface area (Å²) < 4.78 is 11.5. The van der Waals surface area contributed by atoms with Crippen molar-refractivity contribution in [3.63, 3.8) is 0 Å². The van der Waals surface area contributed by atoms with Gasteiger partial charge in [0.1, 0.15) is 6.61 Å². The third-order valence-corrected chi connectivity index (χ3v) is 4.18. The summed E-state index contributed by atoms with van der Waals surface area (Å²) in [4.78, 5) is 4.32. The molecule has 2 aromatic carbocycles. The Bertz CT molecular complexity index is 823. The van der Waals surface area contributed by atoms with E-state index in [1.54, 1.807) is 13.3 Å². The molecular weight excluding hydrogens is 348 g/mol. The summed E-state index contributed by atoms with van der Waals surface area (Å²) in [6.07, 6.45) is 1.79. The lowest BCUT2D eigenvalue weighted by atomic mass is 10.1. The molecule has 0 aliphatic rings. The zero-order valence-corrected chi connectivity index (χ0v) is 15.4. The highest BCUT2D eigenvalue weighted by atomic mass is 35.5. The van der Waals surface area contributed by atoms with Crippen LogP contribution in [0.1, 0.15) is 16.8 Å². The monoisotopic (exact) mass is 368 g/mol. The molecule has 0 saturated heterocycles. The van der Waals surface area contributed by atoms with Gasteiger partial charge in [0.15, 0.2) is 11.5 Å². The van der Waals surface area contributed by atoms with Crippen molar-refractivity contribution in [1.82, 2.24) is 10.3 Å². The van der Waals surface area contributed by atoms with Crippen molar-refractivity contribution in [2.45, 2.75) is 19.7 Å². The second kappa shape index (κ2) is 9.22. The summed E-state index contributed by atoms with van der Waals surface area (Å²) in [5, 5.41) is 4.11. The van der Waals surface area contributed by atoms with Gasteiger partial charge in [0.2, 0.25) is 0 Å². The van der Waals surface area contributed by atoms with E-state index in [-0.39, 0.29) is 0 Å². The summed E-state index contributed by atoms with van der Waals surface area (Å²) in [5.74, 6) is 1.47. The van der Waals surface area contributed by atoms with Crippen molar-refractivity contribution in [3.05, 3.63) is 88.7 Å². The first-order valence-corrected chi connectivity index (χ1v) is 8.78. The van der Waals surface area contributed by atoms with Crippen molar-refractivity contribution in [1.29, 1.82) is 0 Å². The molecule has 134 valence electrons. The van der Waals surface area contributed by atoms with Gasteiger partial charge in [0.05, 0.1) is 12.8 Å². The predicted molar refractivity (Wildman–Crippen MR) is 104 cm³/mol. The second-order valence-electron chi connectivity index (χ2n) is 5.79. The molecule has 0 unspecified atom stereocenters. The van der Waals surface area contributed by atoms with Crippen LogP contribution in [-0.2, 0) is 19.7 Å². The first kappa shape index (κ1) is 18.2. The first-order chi connectivity index (χ1) is 12.8. The molecule has 1 N–H and O–H groups in total.